The maximum Gasteiger partial charge on any atom is 0.232 e. The molecule has 6 heteroatoms. The Kier molecular flexibility index (Phi) is 6.28. The lowest BCUT2D eigenvalue weighted by molar-refractivity contribution is -0.212. The molecular weight excluding hydrogens is 524 g/mol. The molecule has 0 N–H and O–H groups in total. The standard InChI is InChI=1S/C36H50N2O4/c39-33-25-15-11-21-23-13-17-27-32-28(36(42)38(35(27)41)20-9-5-2-6-10-20)18-14-24(30(23)32)22-12-16-26(31(25)29(21)22)34(40)37(33)19-7-3-1-4-8-19/h19-32H,1-18H2. The molecule has 7 aliphatic carbocycles. The van der Waals surface area contributed by atoms with Crippen molar-refractivity contribution in [1.29, 1.82) is 0 Å². The predicted octanol–water partition coefficient (Wildman–Crippen LogP) is 5.97. The number of rotatable bonds is 2. The van der Waals surface area contributed by atoms with Gasteiger partial charge in [-0.15, -0.1) is 0 Å². The molecule has 9 aliphatic rings. The highest BCUT2D eigenvalue weighted by Gasteiger charge is 2.68. The van der Waals surface area contributed by atoms with Crippen molar-refractivity contribution >= 4 is 23.6 Å². The molecule has 0 aromatic rings. The number of piperidine rings is 2. The monoisotopic (exact) mass is 574 g/mol. The van der Waals surface area contributed by atoms with Gasteiger partial charge < -0.3 is 0 Å². The van der Waals surface area contributed by atoms with Crippen molar-refractivity contribution in [2.75, 3.05) is 0 Å². The van der Waals surface area contributed by atoms with Crippen LogP contribution in [0.3, 0.4) is 0 Å². The molecule has 6 nitrogen and oxygen atoms in total. The summed E-state index contributed by atoms with van der Waals surface area (Å²) in [5.41, 5.74) is 0. The predicted molar refractivity (Wildman–Crippen MR) is 156 cm³/mol. The van der Waals surface area contributed by atoms with Gasteiger partial charge in [0, 0.05) is 35.8 Å². The van der Waals surface area contributed by atoms with Gasteiger partial charge in [0.2, 0.25) is 23.6 Å². The Morgan fingerprint density at radius 1 is 0.333 bits per heavy atom. The highest BCUT2D eigenvalue weighted by atomic mass is 16.2. The molecule has 0 bridgehead atoms. The summed E-state index contributed by atoms with van der Waals surface area (Å²) in [5, 5.41) is 0. The highest BCUT2D eigenvalue weighted by molar-refractivity contribution is 6.02. The minimum absolute atomic E-state index is 0.0461. The SMILES string of the molecule is O=C1C2CCC3C4CCC5C(=O)N(C6CCCCC6)C(=O)C6CCC(C7CCC(C(=O)N1C1CCCCC1)C2C37)C4C56. The number of amides is 4. The first kappa shape index (κ1) is 26.7. The molecule has 4 amide bonds. The molecule has 0 aromatic carbocycles. The first-order valence-electron chi connectivity index (χ1n) is 18.3. The van der Waals surface area contributed by atoms with E-state index in [1.807, 2.05) is 9.80 Å². The van der Waals surface area contributed by atoms with Crippen LogP contribution in [-0.2, 0) is 19.2 Å². The quantitative estimate of drug-likeness (QED) is 0.381. The number of nitrogens with zero attached hydrogens (tertiary/aromatic N) is 2. The lowest BCUT2D eigenvalue weighted by Gasteiger charge is -2.68. The van der Waals surface area contributed by atoms with E-state index in [9.17, 15) is 19.2 Å². The number of hydrogen-bond acceptors (Lipinski definition) is 4. The normalized spacial score (nSPS) is 49.0. The van der Waals surface area contributed by atoms with Gasteiger partial charge in [0.05, 0.1) is 0 Å². The molecule has 8 atom stereocenters. The molecule has 0 radical (unpaired) electrons. The third-order valence-electron chi connectivity index (χ3n) is 15.2. The molecule has 2 aliphatic heterocycles. The zero-order chi connectivity index (χ0) is 28.3. The van der Waals surface area contributed by atoms with Crippen molar-refractivity contribution in [2.45, 2.75) is 128 Å². The number of imide groups is 2. The fourth-order valence-electron chi connectivity index (χ4n) is 13.9. The van der Waals surface area contributed by atoms with Gasteiger partial charge in [-0.1, -0.05) is 38.5 Å². The minimum atomic E-state index is 0.0461. The second-order valence-corrected chi connectivity index (χ2v) is 16.4. The summed E-state index contributed by atoms with van der Waals surface area (Å²) < 4.78 is 0. The van der Waals surface area contributed by atoms with Gasteiger partial charge in [-0.2, -0.15) is 0 Å². The van der Waals surface area contributed by atoms with Crippen LogP contribution in [-0.4, -0.2) is 45.5 Å². The molecule has 9 fully saturated rings. The van der Waals surface area contributed by atoms with Crippen molar-refractivity contribution in [3.8, 4) is 0 Å². The molecule has 8 unspecified atom stereocenters. The summed E-state index contributed by atoms with van der Waals surface area (Å²) >= 11 is 0. The van der Waals surface area contributed by atoms with Crippen molar-refractivity contribution < 1.29 is 19.2 Å². The second-order valence-electron chi connectivity index (χ2n) is 16.4. The molecule has 2 heterocycles. The average Bonchev–Trinajstić information content (AvgIpc) is 3.03. The number of carbonyl (C=O) groups excluding carboxylic acids is 4. The molecular formula is C36H50N2O4. The van der Waals surface area contributed by atoms with Gasteiger partial charge in [0.1, 0.15) is 0 Å². The first-order chi connectivity index (χ1) is 20.5. The van der Waals surface area contributed by atoms with Crippen molar-refractivity contribution in [2.24, 2.45) is 71.0 Å². The Balaban J connectivity index is 1.02. The summed E-state index contributed by atoms with van der Waals surface area (Å²) in [6.07, 6.45) is 19.3. The van der Waals surface area contributed by atoms with E-state index in [2.05, 4.69) is 0 Å². The van der Waals surface area contributed by atoms with Crippen LogP contribution in [0, 0.1) is 71.0 Å². The Morgan fingerprint density at radius 3 is 0.905 bits per heavy atom. The van der Waals surface area contributed by atoms with Gasteiger partial charge in [0.25, 0.3) is 0 Å². The summed E-state index contributed by atoms with van der Waals surface area (Å²) in [6.45, 7) is 0. The molecule has 0 spiro atoms. The van der Waals surface area contributed by atoms with Crippen LogP contribution in [0.25, 0.3) is 0 Å². The van der Waals surface area contributed by atoms with E-state index in [0.717, 1.165) is 103 Å². The Labute approximate surface area is 251 Å². The Hall–Kier alpha value is -1.72. The molecule has 7 saturated carbocycles. The third-order valence-corrected chi connectivity index (χ3v) is 15.2. The number of fused-ring (bicyclic) bond motifs is 2. The maximum atomic E-state index is 14.1. The summed E-state index contributed by atoms with van der Waals surface area (Å²) in [4.78, 5) is 60.1. The molecule has 228 valence electrons. The lowest BCUT2D eigenvalue weighted by atomic mass is 9.38. The van der Waals surface area contributed by atoms with E-state index in [-0.39, 0.29) is 71.2 Å². The van der Waals surface area contributed by atoms with Gasteiger partial charge >= 0.3 is 0 Å². The highest BCUT2D eigenvalue weighted by Crippen LogP contribution is 2.69. The van der Waals surface area contributed by atoms with Crippen molar-refractivity contribution in [1.82, 2.24) is 9.80 Å². The summed E-state index contributed by atoms with van der Waals surface area (Å²) in [6, 6.07) is 0.289. The number of likely N-dealkylation sites (tertiary alicyclic amines) is 2. The van der Waals surface area contributed by atoms with Crippen LogP contribution < -0.4 is 0 Å². The summed E-state index contributed by atoms with van der Waals surface area (Å²) in [5.74, 6) is 4.71. The third kappa shape index (κ3) is 3.56. The van der Waals surface area contributed by atoms with Crippen molar-refractivity contribution in [3.05, 3.63) is 0 Å². The van der Waals surface area contributed by atoms with Gasteiger partial charge in [-0.3, -0.25) is 29.0 Å². The fraction of sp³-hybridized carbons (Fsp3) is 0.889. The van der Waals surface area contributed by atoms with Crippen molar-refractivity contribution in [3.63, 3.8) is 0 Å². The Morgan fingerprint density at radius 2 is 0.619 bits per heavy atom. The zero-order valence-electron chi connectivity index (χ0n) is 25.3. The topological polar surface area (TPSA) is 74.8 Å². The first-order valence-corrected chi connectivity index (χ1v) is 18.3. The summed E-state index contributed by atoms with van der Waals surface area (Å²) in [7, 11) is 0. The minimum Gasteiger partial charge on any atom is -0.279 e. The number of carbonyl (C=O) groups is 4. The largest absolute Gasteiger partial charge is 0.279 e. The molecule has 0 aromatic heterocycles. The van der Waals surface area contributed by atoms with Crippen LogP contribution in [0.15, 0.2) is 0 Å². The van der Waals surface area contributed by atoms with E-state index < -0.39 is 0 Å². The van der Waals surface area contributed by atoms with Gasteiger partial charge in [-0.25, -0.2) is 0 Å². The number of hydrogen-bond donors (Lipinski definition) is 0. The molecule has 9 rings (SSSR count). The van der Waals surface area contributed by atoms with E-state index in [4.69, 9.17) is 0 Å². The van der Waals surface area contributed by atoms with E-state index in [1.165, 1.54) is 12.8 Å². The van der Waals surface area contributed by atoms with E-state index in [0.29, 0.717) is 35.5 Å². The van der Waals surface area contributed by atoms with Crippen LogP contribution in [0.1, 0.15) is 116 Å². The molecule has 2 saturated heterocycles. The smallest absolute Gasteiger partial charge is 0.232 e. The van der Waals surface area contributed by atoms with Crippen LogP contribution in [0.4, 0.5) is 0 Å². The van der Waals surface area contributed by atoms with E-state index >= 15 is 0 Å². The van der Waals surface area contributed by atoms with Crippen LogP contribution in [0.5, 0.6) is 0 Å². The Bertz CT molecular complexity index is 1010. The van der Waals surface area contributed by atoms with Crippen LogP contribution >= 0.6 is 0 Å². The van der Waals surface area contributed by atoms with E-state index in [1.54, 1.807) is 0 Å². The maximum absolute atomic E-state index is 14.1. The fourth-order valence-corrected chi connectivity index (χ4v) is 13.9. The van der Waals surface area contributed by atoms with Gasteiger partial charge in [0.15, 0.2) is 0 Å². The molecule has 42 heavy (non-hydrogen) atoms. The zero-order valence-corrected chi connectivity index (χ0v) is 25.3. The van der Waals surface area contributed by atoms with Gasteiger partial charge in [-0.05, 0) is 124 Å². The second kappa shape index (κ2) is 9.89. The average molecular weight is 575 g/mol. The van der Waals surface area contributed by atoms with Crippen LogP contribution in [0.2, 0.25) is 0 Å². The lowest BCUT2D eigenvalue weighted by Crippen LogP contribution is -2.69.